The van der Waals surface area contributed by atoms with Crippen LogP contribution >= 0.6 is 0 Å². The summed E-state index contributed by atoms with van der Waals surface area (Å²) in [5.74, 6) is 2.29. The van der Waals surface area contributed by atoms with Gasteiger partial charge in [0.15, 0.2) is 5.75 Å². The largest absolute Gasteiger partial charge is 0.490 e. The van der Waals surface area contributed by atoms with Crippen LogP contribution in [-0.2, 0) is 0 Å². The van der Waals surface area contributed by atoms with Gasteiger partial charge in [-0.25, -0.2) is 14.4 Å². The molecule has 1 heterocycles. The first-order valence-electron chi connectivity index (χ1n) is 9.34. The molecule has 2 unspecified atom stereocenters. The summed E-state index contributed by atoms with van der Waals surface area (Å²) in [5.41, 5.74) is 0.878. The summed E-state index contributed by atoms with van der Waals surface area (Å²) in [6.07, 6.45) is 2.79. The number of aromatic nitrogens is 2. The molecule has 146 valence electrons. The monoisotopic (exact) mass is 364 g/mol. The van der Waals surface area contributed by atoms with E-state index in [1.165, 1.54) is 12.1 Å². The number of nitrogens with zero attached hydrogens (tertiary/aromatic N) is 2. The van der Waals surface area contributed by atoms with E-state index in [-0.39, 0.29) is 12.4 Å². The van der Waals surface area contributed by atoms with Crippen molar-refractivity contribution in [1.29, 1.82) is 0 Å². The van der Waals surface area contributed by atoms with Gasteiger partial charge in [0, 0.05) is 6.61 Å². The van der Waals surface area contributed by atoms with Gasteiger partial charge in [-0.2, -0.15) is 0 Å². The second kappa shape index (κ2) is 14.2. The summed E-state index contributed by atoms with van der Waals surface area (Å²) in [7, 11) is 0. The molecule has 2 aromatic rings. The normalized spacial score (nSPS) is 16.6. The molecule has 1 fully saturated rings. The first-order valence-corrected chi connectivity index (χ1v) is 9.34. The number of halogens is 1. The minimum absolute atomic E-state index is 0.178. The molecule has 5 heteroatoms. The molecule has 4 nitrogen and oxygen atoms in total. The highest BCUT2D eigenvalue weighted by Gasteiger charge is 2.36. The Hall–Kier alpha value is -2.01. The fourth-order valence-corrected chi connectivity index (χ4v) is 2.06. The predicted octanol–water partition coefficient (Wildman–Crippen LogP) is 4.98. The molecule has 0 radical (unpaired) electrons. The SMILES string of the molecule is CC.CC.Cc1ncc(OCC2CC2CO)c(C)n1.Fc1ccccc1. The Morgan fingerprint density at radius 3 is 2.12 bits per heavy atom. The molecule has 1 aliphatic carbocycles. The zero-order valence-corrected chi connectivity index (χ0v) is 16.9. The third kappa shape index (κ3) is 9.47. The highest BCUT2D eigenvalue weighted by Crippen LogP contribution is 2.38. The Morgan fingerprint density at radius 1 is 1.08 bits per heavy atom. The first-order chi connectivity index (χ1) is 12.6. The van der Waals surface area contributed by atoms with Crippen LogP contribution in [0.4, 0.5) is 4.39 Å². The third-order valence-electron chi connectivity index (χ3n) is 3.54. The van der Waals surface area contributed by atoms with E-state index < -0.39 is 0 Å². The standard InChI is InChI=1S/C11H16N2O2.C6H5F.2C2H6/c1-7-11(4-12-8(2)13-7)15-6-10-3-9(10)5-14;7-6-4-2-1-3-5-6;2*1-2/h4,9-10,14H,3,5-6H2,1-2H3;1-5H;2*1-2H3. The second-order valence-corrected chi connectivity index (χ2v) is 5.41. The molecular formula is C21H33FN2O2. The van der Waals surface area contributed by atoms with E-state index in [1.807, 2.05) is 41.5 Å². The lowest BCUT2D eigenvalue weighted by Gasteiger charge is -2.07. The highest BCUT2D eigenvalue weighted by molar-refractivity contribution is 5.23. The maximum absolute atomic E-state index is 11.9. The van der Waals surface area contributed by atoms with Gasteiger partial charge in [-0.1, -0.05) is 45.9 Å². The zero-order valence-electron chi connectivity index (χ0n) is 16.9. The van der Waals surface area contributed by atoms with Gasteiger partial charge in [-0.3, -0.25) is 0 Å². The molecule has 0 saturated heterocycles. The quantitative estimate of drug-likeness (QED) is 0.831. The van der Waals surface area contributed by atoms with E-state index in [9.17, 15) is 4.39 Å². The van der Waals surface area contributed by atoms with Gasteiger partial charge < -0.3 is 9.84 Å². The van der Waals surface area contributed by atoms with Gasteiger partial charge in [-0.15, -0.1) is 0 Å². The average Bonchev–Trinajstić information content (AvgIpc) is 3.44. The molecule has 2 atom stereocenters. The molecule has 0 bridgehead atoms. The molecule has 1 saturated carbocycles. The molecule has 1 aliphatic rings. The van der Waals surface area contributed by atoms with E-state index >= 15 is 0 Å². The molecule has 3 rings (SSSR count). The van der Waals surface area contributed by atoms with Gasteiger partial charge in [0.05, 0.1) is 18.5 Å². The summed E-state index contributed by atoms with van der Waals surface area (Å²) in [4.78, 5) is 8.32. The van der Waals surface area contributed by atoms with E-state index in [4.69, 9.17) is 9.84 Å². The number of aliphatic hydroxyl groups is 1. The van der Waals surface area contributed by atoms with Crippen LogP contribution < -0.4 is 4.74 Å². The number of aryl methyl sites for hydroxylation is 2. The predicted molar refractivity (Wildman–Crippen MR) is 105 cm³/mol. The molecule has 0 spiro atoms. The van der Waals surface area contributed by atoms with Crippen molar-refractivity contribution in [3.05, 3.63) is 53.9 Å². The van der Waals surface area contributed by atoms with Crippen LogP contribution in [0, 0.1) is 31.5 Å². The number of rotatable bonds is 4. The number of aliphatic hydroxyl groups excluding tert-OH is 1. The van der Waals surface area contributed by atoms with Crippen LogP contribution in [0.5, 0.6) is 5.75 Å². The minimum Gasteiger partial charge on any atom is -0.490 e. The van der Waals surface area contributed by atoms with Crippen molar-refractivity contribution in [3.63, 3.8) is 0 Å². The minimum atomic E-state index is -0.178. The average molecular weight is 365 g/mol. The van der Waals surface area contributed by atoms with Crippen LogP contribution in [0.15, 0.2) is 36.5 Å². The van der Waals surface area contributed by atoms with E-state index in [0.717, 1.165) is 23.7 Å². The van der Waals surface area contributed by atoms with Gasteiger partial charge in [0.1, 0.15) is 11.6 Å². The number of ether oxygens (including phenoxy) is 1. The lowest BCUT2D eigenvalue weighted by Crippen LogP contribution is -2.05. The first kappa shape index (κ1) is 24.0. The fourth-order valence-electron chi connectivity index (χ4n) is 2.06. The van der Waals surface area contributed by atoms with Crippen LogP contribution in [-0.4, -0.2) is 28.3 Å². The van der Waals surface area contributed by atoms with Crippen molar-refractivity contribution in [2.75, 3.05) is 13.2 Å². The van der Waals surface area contributed by atoms with Crippen molar-refractivity contribution < 1.29 is 14.2 Å². The summed E-state index contributed by atoms with van der Waals surface area (Å²) >= 11 is 0. The van der Waals surface area contributed by atoms with Gasteiger partial charge in [-0.05, 0) is 44.2 Å². The summed E-state index contributed by atoms with van der Waals surface area (Å²) in [5, 5.41) is 8.88. The van der Waals surface area contributed by atoms with Crippen LogP contribution in [0.1, 0.15) is 45.6 Å². The highest BCUT2D eigenvalue weighted by atomic mass is 19.1. The summed E-state index contributed by atoms with van der Waals surface area (Å²) < 4.78 is 17.5. The Balaban J connectivity index is 0.000000477. The Labute approximate surface area is 157 Å². The molecular weight excluding hydrogens is 331 g/mol. The summed E-state index contributed by atoms with van der Waals surface area (Å²) in [6.45, 7) is 12.7. The molecule has 1 aromatic heterocycles. The van der Waals surface area contributed by atoms with E-state index in [2.05, 4.69) is 9.97 Å². The van der Waals surface area contributed by atoms with Crippen LogP contribution in [0.2, 0.25) is 0 Å². The molecule has 26 heavy (non-hydrogen) atoms. The number of hydrogen-bond donors (Lipinski definition) is 1. The van der Waals surface area contributed by atoms with Crippen molar-refractivity contribution in [1.82, 2.24) is 9.97 Å². The Kier molecular flexibility index (Phi) is 13.1. The smallest absolute Gasteiger partial charge is 0.158 e. The fraction of sp³-hybridized carbons (Fsp3) is 0.524. The maximum atomic E-state index is 11.9. The van der Waals surface area contributed by atoms with Gasteiger partial charge >= 0.3 is 0 Å². The third-order valence-corrected chi connectivity index (χ3v) is 3.54. The number of benzene rings is 1. The molecule has 1 N–H and O–H groups in total. The van der Waals surface area contributed by atoms with E-state index in [1.54, 1.807) is 24.4 Å². The molecule has 0 amide bonds. The molecule has 0 aliphatic heterocycles. The lowest BCUT2D eigenvalue weighted by atomic mass is 10.3. The van der Waals surface area contributed by atoms with Crippen molar-refractivity contribution in [2.24, 2.45) is 11.8 Å². The Morgan fingerprint density at radius 2 is 1.69 bits per heavy atom. The maximum Gasteiger partial charge on any atom is 0.158 e. The number of hydrogen-bond acceptors (Lipinski definition) is 4. The topological polar surface area (TPSA) is 55.2 Å². The summed E-state index contributed by atoms with van der Waals surface area (Å²) in [6, 6.07) is 7.94. The van der Waals surface area contributed by atoms with Crippen molar-refractivity contribution >= 4 is 0 Å². The Bertz CT molecular complexity index is 594. The van der Waals surface area contributed by atoms with Crippen LogP contribution in [0.25, 0.3) is 0 Å². The lowest BCUT2D eigenvalue weighted by molar-refractivity contribution is 0.241. The second-order valence-electron chi connectivity index (χ2n) is 5.41. The molecule has 1 aromatic carbocycles. The van der Waals surface area contributed by atoms with Crippen molar-refractivity contribution in [2.45, 2.75) is 48.0 Å². The van der Waals surface area contributed by atoms with Gasteiger partial charge in [0.2, 0.25) is 0 Å². The zero-order chi connectivity index (χ0) is 19.9. The van der Waals surface area contributed by atoms with Crippen LogP contribution in [0.3, 0.4) is 0 Å². The van der Waals surface area contributed by atoms with Gasteiger partial charge in [0.25, 0.3) is 0 Å². The van der Waals surface area contributed by atoms with E-state index in [0.29, 0.717) is 18.4 Å². The van der Waals surface area contributed by atoms with Crippen molar-refractivity contribution in [3.8, 4) is 5.75 Å².